The molecule has 0 saturated heterocycles. The molecule has 1 saturated carbocycles. The second kappa shape index (κ2) is 6.19. The van der Waals surface area contributed by atoms with E-state index in [0.717, 1.165) is 24.3 Å². The first-order valence-corrected chi connectivity index (χ1v) is 7.37. The Morgan fingerprint density at radius 3 is 2.00 bits per heavy atom. The second-order valence-electron chi connectivity index (χ2n) is 6.79. The summed E-state index contributed by atoms with van der Waals surface area (Å²) in [6.07, 6.45) is 4.00. The van der Waals surface area contributed by atoms with Crippen molar-refractivity contribution in [2.45, 2.75) is 59.4 Å². The van der Waals surface area contributed by atoms with Crippen LogP contribution in [0.4, 0.5) is 0 Å². The molecule has 0 aliphatic heterocycles. The highest BCUT2D eigenvalue weighted by molar-refractivity contribution is 5.00. The van der Waals surface area contributed by atoms with Crippen LogP contribution >= 0.6 is 0 Å². The summed E-state index contributed by atoms with van der Waals surface area (Å²) in [7, 11) is 0. The summed E-state index contributed by atoms with van der Waals surface area (Å²) >= 11 is 0. The lowest BCUT2D eigenvalue weighted by Gasteiger charge is -2.46. The van der Waals surface area contributed by atoms with E-state index >= 15 is 0 Å². The maximum Gasteiger partial charge on any atom is 0.0357 e. The third-order valence-corrected chi connectivity index (χ3v) is 4.32. The lowest BCUT2D eigenvalue weighted by atomic mass is 9.85. The molecule has 2 unspecified atom stereocenters. The van der Waals surface area contributed by atoms with Crippen molar-refractivity contribution in [1.29, 1.82) is 0 Å². The molecule has 2 heteroatoms. The van der Waals surface area contributed by atoms with Crippen LogP contribution < -0.4 is 5.73 Å². The van der Waals surface area contributed by atoms with Gasteiger partial charge in [0.05, 0.1) is 0 Å². The van der Waals surface area contributed by atoms with Crippen LogP contribution in [0, 0.1) is 17.8 Å². The summed E-state index contributed by atoms with van der Waals surface area (Å²) in [5.41, 5.74) is 6.46. The van der Waals surface area contributed by atoms with Gasteiger partial charge in [-0.2, -0.15) is 0 Å². The molecule has 0 aromatic carbocycles. The zero-order valence-corrected chi connectivity index (χ0v) is 12.5. The molecule has 2 nitrogen and oxygen atoms in total. The van der Waals surface area contributed by atoms with Crippen LogP contribution in [0.5, 0.6) is 0 Å². The summed E-state index contributed by atoms with van der Waals surface area (Å²) in [4.78, 5) is 2.71. The maximum absolute atomic E-state index is 6.17. The first-order chi connectivity index (χ1) is 7.92. The smallest absolute Gasteiger partial charge is 0.0357 e. The van der Waals surface area contributed by atoms with Gasteiger partial charge in [0, 0.05) is 25.2 Å². The van der Waals surface area contributed by atoms with E-state index in [0.29, 0.717) is 0 Å². The van der Waals surface area contributed by atoms with Crippen molar-refractivity contribution in [2.24, 2.45) is 23.5 Å². The Labute approximate surface area is 108 Å². The molecule has 0 amide bonds. The quantitative estimate of drug-likeness (QED) is 0.773. The van der Waals surface area contributed by atoms with Crippen molar-refractivity contribution in [2.75, 3.05) is 19.6 Å². The van der Waals surface area contributed by atoms with Gasteiger partial charge in [-0.1, -0.05) is 41.0 Å². The van der Waals surface area contributed by atoms with E-state index in [1.165, 1.54) is 32.4 Å². The van der Waals surface area contributed by atoms with Gasteiger partial charge in [0.15, 0.2) is 0 Å². The average Bonchev–Trinajstić information content (AvgIpc) is 2.58. The minimum absolute atomic E-state index is 0.286. The lowest BCUT2D eigenvalue weighted by Crippen LogP contribution is -2.57. The molecule has 1 rings (SSSR count). The van der Waals surface area contributed by atoms with Gasteiger partial charge in [-0.05, 0) is 30.6 Å². The predicted molar refractivity (Wildman–Crippen MR) is 76.0 cm³/mol. The predicted octanol–water partition coefficient (Wildman–Crippen LogP) is 3.12. The Morgan fingerprint density at radius 1 is 1.18 bits per heavy atom. The molecule has 0 bridgehead atoms. The van der Waals surface area contributed by atoms with E-state index in [-0.39, 0.29) is 5.54 Å². The zero-order chi connectivity index (χ0) is 13.1. The largest absolute Gasteiger partial charge is 0.329 e. The van der Waals surface area contributed by atoms with Crippen molar-refractivity contribution in [3.05, 3.63) is 0 Å². The Bertz CT molecular complexity index is 215. The summed E-state index contributed by atoms with van der Waals surface area (Å²) in [6.45, 7) is 14.9. The van der Waals surface area contributed by atoms with E-state index in [4.69, 9.17) is 5.73 Å². The van der Waals surface area contributed by atoms with Crippen molar-refractivity contribution < 1.29 is 0 Å². The molecule has 1 aliphatic rings. The highest BCUT2D eigenvalue weighted by Crippen LogP contribution is 2.40. The highest BCUT2D eigenvalue weighted by atomic mass is 15.2. The van der Waals surface area contributed by atoms with Gasteiger partial charge in [0.2, 0.25) is 0 Å². The Kier molecular flexibility index (Phi) is 5.46. The molecule has 0 aromatic rings. The molecular weight excluding hydrogens is 208 g/mol. The molecular formula is C15H32N2. The van der Waals surface area contributed by atoms with Crippen LogP contribution in [0.1, 0.15) is 53.9 Å². The Morgan fingerprint density at radius 2 is 1.71 bits per heavy atom. The van der Waals surface area contributed by atoms with Gasteiger partial charge in [-0.15, -0.1) is 0 Å². The molecule has 0 heterocycles. The van der Waals surface area contributed by atoms with Crippen LogP contribution in [0.3, 0.4) is 0 Å². The van der Waals surface area contributed by atoms with Crippen molar-refractivity contribution >= 4 is 0 Å². The lowest BCUT2D eigenvalue weighted by molar-refractivity contribution is 0.0419. The number of hydrogen-bond donors (Lipinski definition) is 1. The number of nitrogens with zero attached hydrogens (tertiary/aromatic N) is 1. The summed E-state index contributed by atoms with van der Waals surface area (Å²) in [5.74, 6) is 2.21. The topological polar surface area (TPSA) is 29.3 Å². The van der Waals surface area contributed by atoms with E-state index in [1.807, 2.05) is 0 Å². The standard InChI is InChI=1S/C15H32N2/c1-12(2)9-17(10-13(3)4)15(11-16)8-6-7-14(15)5/h12-14H,6-11,16H2,1-5H3. The fourth-order valence-electron chi connectivity index (χ4n) is 3.45. The van der Waals surface area contributed by atoms with Crippen molar-refractivity contribution in [3.8, 4) is 0 Å². The molecule has 0 radical (unpaired) electrons. The van der Waals surface area contributed by atoms with Gasteiger partial charge in [-0.3, -0.25) is 4.90 Å². The average molecular weight is 240 g/mol. The zero-order valence-electron chi connectivity index (χ0n) is 12.5. The van der Waals surface area contributed by atoms with Crippen LogP contribution in [-0.2, 0) is 0 Å². The molecule has 2 atom stereocenters. The first-order valence-electron chi connectivity index (χ1n) is 7.37. The van der Waals surface area contributed by atoms with Crippen LogP contribution in [0.2, 0.25) is 0 Å². The van der Waals surface area contributed by atoms with Gasteiger partial charge in [0.25, 0.3) is 0 Å². The Balaban J connectivity index is 2.84. The third-order valence-electron chi connectivity index (χ3n) is 4.32. The molecule has 0 aromatic heterocycles. The van der Waals surface area contributed by atoms with Gasteiger partial charge < -0.3 is 5.73 Å². The van der Waals surface area contributed by atoms with E-state index in [2.05, 4.69) is 39.5 Å². The number of rotatable bonds is 6. The van der Waals surface area contributed by atoms with Crippen molar-refractivity contribution in [1.82, 2.24) is 4.90 Å². The summed E-state index contributed by atoms with van der Waals surface area (Å²) in [5, 5.41) is 0. The minimum atomic E-state index is 0.286. The molecule has 1 aliphatic carbocycles. The van der Waals surface area contributed by atoms with E-state index in [1.54, 1.807) is 0 Å². The van der Waals surface area contributed by atoms with Gasteiger partial charge >= 0.3 is 0 Å². The molecule has 0 spiro atoms. The maximum atomic E-state index is 6.17. The number of nitrogens with two attached hydrogens (primary N) is 1. The summed E-state index contributed by atoms with van der Waals surface area (Å²) in [6, 6.07) is 0. The van der Waals surface area contributed by atoms with Crippen LogP contribution in [0.15, 0.2) is 0 Å². The highest BCUT2D eigenvalue weighted by Gasteiger charge is 2.43. The number of hydrogen-bond acceptors (Lipinski definition) is 2. The van der Waals surface area contributed by atoms with E-state index < -0.39 is 0 Å². The monoisotopic (exact) mass is 240 g/mol. The SMILES string of the molecule is CC(C)CN(CC(C)C)C1(CN)CCCC1C. The third kappa shape index (κ3) is 3.45. The van der Waals surface area contributed by atoms with E-state index in [9.17, 15) is 0 Å². The second-order valence-corrected chi connectivity index (χ2v) is 6.79. The molecule has 102 valence electrons. The van der Waals surface area contributed by atoms with Crippen LogP contribution in [-0.4, -0.2) is 30.1 Å². The van der Waals surface area contributed by atoms with Gasteiger partial charge in [-0.25, -0.2) is 0 Å². The Hall–Kier alpha value is -0.0800. The minimum Gasteiger partial charge on any atom is -0.329 e. The first kappa shape index (κ1) is 15.0. The normalized spacial score (nSPS) is 29.8. The van der Waals surface area contributed by atoms with Gasteiger partial charge in [0.1, 0.15) is 0 Å². The van der Waals surface area contributed by atoms with Crippen molar-refractivity contribution in [3.63, 3.8) is 0 Å². The molecule has 1 fully saturated rings. The molecule has 2 N–H and O–H groups in total. The van der Waals surface area contributed by atoms with Crippen LogP contribution in [0.25, 0.3) is 0 Å². The fourth-order valence-corrected chi connectivity index (χ4v) is 3.45. The summed E-state index contributed by atoms with van der Waals surface area (Å²) < 4.78 is 0. The fraction of sp³-hybridized carbons (Fsp3) is 1.00. The molecule has 17 heavy (non-hydrogen) atoms.